The molecule has 21 heavy (non-hydrogen) atoms. The Morgan fingerprint density at radius 3 is 2.38 bits per heavy atom. The van der Waals surface area contributed by atoms with Gasteiger partial charge in [0.05, 0.1) is 0 Å². The minimum Gasteiger partial charge on any atom is -0.355 e. The summed E-state index contributed by atoms with van der Waals surface area (Å²) in [7, 11) is 1.59. The summed E-state index contributed by atoms with van der Waals surface area (Å²) in [6, 6.07) is 6.92. The van der Waals surface area contributed by atoms with Gasteiger partial charge in [-0.1, -0.05) is 19.8 Å². The predicted octanol–water partition coefficient (Wildman–Crippen LogP) is 2.75. The normalized spacial score (nSPS) is 21.4. The highest BCUT2D eigenvalue weighted by molar-refractivity contribution is 5.95. The van der Waals surface area contributed by atoms with Crippen LogP contribution in [0.2, 0.25) is 0 Å². The Balaban J connectivity index is 1.88. The van der Waals surface area contributed by atoms with Gasteiger partial charge in [-0.3, -0.25) is 4.79 Å². The van der Waals surface area contributed by atoms with Crippen molar-refractivity contribution in [2.24, 2.45) is 5.92 Å². The summed E-state index contributed by atoms with van der Waals surface area (Å²) in [6.07, 6.45) is 4.65. The van der Waals surface area contributed by atoms with Gasteiger partial charge in [0.15, 0.2) is 0 Å². The van der Waals surface area contributed by atoms with Crippen molar-refractivity contribution < 1.29 is 9.59 Å². The van der Waals surface area contributed by atoms with Crippen LogP contribution in [0.1, 0.15) is 43.0 Å². The lowest BCUT2D eigenvalue weighted by Crippen LogP contribution is -2.43. The second-order valence-corrected chi connectivity index (χ2v) is 5.62. The number of carbonyl (C=O) groups excluding carboxylic acids is 2. The van der Waals surface area contributed by atoms with Gasteiger partial charge >= 0.3 is 6.03 Å². The number of rotatable bonds is 3. The Kier molecular flexibility index (Phi) is 5.20. The topological polar surface area (TPSA) is 70.2 Å². The number of carbonyl (C=O) groups is 2. The zero-order chi connectivity index (χ0) is 15.2. The summed E-state index contributed by atoms with van der Waals surface area (Å²) in [5, 5.41) is 8.41. The molecule has 3 N–H and O–H groups in total. The molecule has 114 valence electrons. The Bertz CT molecular complexity index is 499. The van der Waals surface area contributed by atoms with Crippen LogP contribution in [-0.2, 0) is 0 Å². The summed E-state index contributed by atoms with van der Waals surface area (Å²) >= 11 is 0. The Morgan fingerprint density at radius 2 is 1.76 bits per heavy atom. The lowest BCUT2D eigenvalue weighted by molar-refractivity contribution is 0.0963. The highest BCUT2D eigenvalue weighted by Crippen LogP contribution is 2.23. The van der Waals surface area contributed by atoms with Crippen LogP contribution < -0.4 is 16.0 Å². The molecule has 1 aliphatic carbocycles. The van der Waals surface area contributed by atoms with Crippen molar-refractivity contribution >= 4 is 17.6 Å². The molecule has 0 aliphatic heterocycles. The van der Waals surface area contributed by atoms with Crippen LogP contribution in [0.5, 0.6) is 0 Å². The first-order valence-electron chi connectivity index (χ1n) is 7.50. The number of hydrogen-bond acceptors (Lipinski definition) is 2. The van der Waals surface area contributed by atoms with Crippen LogP contribution in [0, 0.1) is 5.92 Å². The second-order valence-electron chi connectivity index (χ2n) is 5.62. The summed E-state index contributed by atoms with van der Waals surface area (Å²) in [6.45, 7) is 2.18. The van der Waals surface area contributed by atoms with Crippen LogP contribution in [0.4, 0.5) is 10.5 Å². The maximum atomic E-state index is 12.0. The van der Waals surface area contributed by atoms with E-state index in [4.69, 9.17) is 0 Å². The molecule has 1 aromatic carbocycles. The van der Waals surface area contributed by atoms with Crippen LogP contribution in [0.25, 0.3) is 0 Å². The SMILES string of the molecule is CNC(=O)c1ccc(NC(=O)N[C@@H]2CCCC[C@H]2C)cc1. The van der Waals surface area contributed by atoms with Crippen molar-refractivity contribution in [3.05, 3.63) is 29.8 Å². The standard InChI is InChI=1S/C16H23N3O2/c1-11-5-3-4-6-14(11)19-16(21)18-13-9-7-12(8-10-13)15(20)17-2/h7-11,14H,3-6H2,1-2H3,(H,17,20)(H2,18,19,21)/t11-,14-/m1/s1. The molecule has 0 radical (unpaired) electrons. The smallest absolute Gasteiger partial charge is 0.319 e. The third-order valence-electron chi connectivity index (χ3n) is 4.06. The van der Waals surface area contributed by atoms with E-state index in [1.54, 1.807) is 31.3 Å². The molecule has 3 amide bonds. The number of nitrogens with one attached hydrogen (secondary N) is 3. The fourth-order valence-corrected chi connectivity index (χ4v) is 2.72. The van der Waals surface area contributed by atoms with E-state index in [-0.39, 0.29) is 18.0 Å². The fourth-order valence-electron chi connectivity index (χ4n) is 2.72. The van der Waals surface area contributed by atoms with Gasteiger partial charge in [0.25, 0.3) is 5.91 Å². The van der Waals surface area contributed by atoms with Crippen molar-refractivity contribution in [2.75, 3.05) is 12.4 Å². The zero-order valence-electron chi connectivity index (χ0n) is 12.6. The van der Waals surface area contributed by atoms with E-state index in [0.29, 0.717) is 17.2 Å². The van der Waals surface area contributed by atoms with Gasteiger partial charge in [-0.15, -0.1) is 0 Å². The van der Waals surface area contributed by atoms with E-state index in [1.807, 2.05) is 0 Å². The molecule has 5 heteroatoms. The van der Waals surface area contributed by atoms with Crippen molar-refractivity contribution in [3.63, 3.8) is 0 Å². The third kappa shape index (κ3) is 4.21. The fraction of sp³-hybridized carbons (Fsp3) is 0.500. The minimum absolute atomic E-state index is 0.137. The van der Waals surface area contributed by atoms with Gasteiger partial charge in [0, 0.05) is 24.3 Å². The highest BCUT2D eigenvalue weighted by atomic mass is 16.2. The zero-order valence-corrected chi connectivity index (χ0v) is 12.6. The molecule has 0 bridgehead atoms. The second kappa shape index (κ2) is 7.11. The van der Waals surface area contributed by atoms with Crippen LogP contribution in [0.3, 0.4) is 0 Å². The van der Waals surface area contributed by atoms with Crippen molar-refractivity contribution in [3.8, 4) is 0 Å². The van der Waals surface area contributed by atoms with E-state index in [1.165, 1.54) is 19.3 Å². The van der Waals surface area contributed by atoms with Crippen molar-refractivity contribution in [1.29, 1.82) is 0 Å². The first kappa shape index (κ1) is 15.4. The third-order valence-corrected chi connectivity index (χ3v) is 4.06. The van der Waals surface area contributed by atoms with E-state index < -0.39 is 0 Å². The lowest BCUT2D eigenvalue weighted by Gasteiger charge is -2.29. The van der Waals surface area contributed by atoms with E-state index in [2.05, 4.69) is 22.9 Å². The van der Waals surface area contributed by atoms with Crippen LogP contribution >= 0.6 is 0 Å². The molecule has 0 heterocycles. The number of anilines is 1. The molecule has 0 unspecified atom stereocenters. The molecule has 1 aliphatic rings. The average Bonchev–Trinajstić information content (AvgIpc) is 2.49. The summed E-state index contributed by atoms with van der Waals surface area (Å²) in [4.78, 5) is 23.4. The number of benzene rings is 1. The van der Waals surface area contributed by atoms with Gasteiger partial charge in [0.1, 0.15) is 0 Å². The van der Waals surface area contributed by atoms with E-state index in [9.17, 15) is 9.59 Å². The number of amides is 3. The van der Waals surface area contributed by atoms with E-state index in [0.717, 1.165) is 6.42 Å². The van der Waals surface area contributed by atoms with Crippen molar-refractivity contribution in [1.82, 2.24) is 10.6 Å². The lowest BCUT2D eigenvalue weighted by atomic mass is 9.86. The van der Waals surface area contributed by atoms with Crippen LogP contribution in [0.15, 0.2) is 24.3 Å². The molecule has 0 saturated heterocycles. The average molecular weight is 289 g/mol. The van der Waals surface area contributed by atoms with Crippen molar-refractivity contribution in [2.45, 2.75) is 38.6 Å². The van der Waals surface area contributed by atoms with Gasteiger partial charge < -0.3 is 16.0 Å². The highest BCUT2D eigenvalue weighted by Gasteiger charge is 2.22. The predicted molar refractivity (Wildman–Crippen MR) is 83.4 cm³/mol. The maximum absolute atomic E-state index is 12.0. The molecular formula is C16H23N3O2. The molecule has 2 atom stereocenters. The summed E-state index contributed by atoms with van der Waals surface area (Å²) in [5.74, 6) is 0.391. The molecule has 1 aromatic rings. The number of urea groups is 1. The molecule has 2 rings (SSSR count). The maximum Gasteiger partial charge on any atom is 0.319 e. The molecule has 1 fully saturated rings. The Hall–Kier alpha value is -2.04. The van der Waals surface area contributed by atoms with Gasteiger partial charge in [-0.2, -0.15) is 0 Å². The monoisotopic (exact) mass is 289 g/mol. The summed E-state index contributed by atoms with van der Waals surface area (Å²) < 4.78 is 0. The number of hydrogen-bond donors (Lipinski definition) is 3. The van der Waals surface area contributed by atoms with Gasteiger partial charge in [-0.25, -0.2) is 4.79 Å². The largest absolute Gasteiger partial charge is 0.355 e. The van der Waals surface area contributed by atoms with E-state index >= 15 is 0 Å². The molecule has 5 nitrogen and oxygen atoms in total. The minimum atomic E-state index is -0.179. The molecule has 0 spiro atoms. The first-order valence-corrected chi connectivity index (χ1v) is 7.50. The van der Waals surface area contributed by atoms with Gasteiger partial charge in [-0.05, 0) is 43.0 Å². The first-order chi connectivity index (χ1) is 10.1. The Morgan fingerprint density at radius 1 is 1.10 bits per heavy atom. The summed E-state index contributed by atoms with van der Waals surface area (Å²) in [5.41, 5.74) is 1.26. The van der Waals surface area contributed by atoms with Gasteiger partial charge in [0.2, 0.25) is 0 Å². The van der Waals surface area contributed by atoms with Crippen LogP contribution in [-0.4, -0.2) is 25.0 Å². The molecule has 1 saturated carbocycles. The quantitative estimate of drug-likeness (QED) is 0.800. The Labute approximate surface area is 125 Å². The molecule has 0 aromatic heterocycles. The molecular weight excluding hydrogens is 266 g/mol.